The first-order valence-corrected chi connectivity index (χ1v) is 10.7. The Morgan fingerprint density at radius 3 is 2.61 bits per heavy atom. The van der Waals surface area contributed by atoms with Gasteiger partial charge in [-0.05, 0) is 58.7 Å². The minimum atomic E-state index is -0.477. The van der Waals surface area contributed by atoms with E-state index in [1.807, 2.05) is 0 Å². The van der Waals surface area contributed by atoms with E-state index in [-0.39, 0.29) is 17.6 Å². The van der Waals surface area contributed by atoms with Crippen LogP contribution >= 0.6 is 0 Å². The van der Waals surface area contributed by atoms with Crippen LogP contribution < -0.4 is 21.8 Å². The van der Waals surface area contributed by atoms with Crippen molar-refractivity contribution in [1.29, 1.82) is 0 Å². The second-order valence-corrected chi connectivity index (χ2v) is 8.64. The van der Waals surface area contributed by atoms with Gasteiger partial charge in [0.2, 0.25) is 11.8 Å². The van der Waals surface area contributed by atoms with Gasteiger partial charge in [0.15, 0.2) is 5.65 Å². The van der Waals surface area contributed by atoms with Crippen LogP contribution in [0.15, 0.2) is 16.0 Å². The molecule has 11 heteroatoms. The van der Waals surface area contributed by atoms with Crippen LogP contribution in [0.3, 0.4) is 0 Å². The topological polar surface area (TPSA) is 140 Å². The Labute approximate surface area is 178 Å². The molecule has 0 unspecified atom stereocenters. The normalized spacial score (nSPS) is 23.2. The number of nitrogens with zero attached hydrogens (tertiary/aromatic N) is 6. The van der Waals surface area contributed by atoms with Crippen molar-refractivity contribution >= 4 is 17.7 Å². The molecule has 3 aromatic rings. The van der Waals surface area contributed by atoms with Crippen molar-refractivity contribution in [1.82, 2.24) is 34.4 Å². The molecular weight excluding hydrogens is 398 g/mol. The zero-order valence-corrected chi connectivity index (χ0v) is 17.7. The lowest BCUT2D eigenvalue weighted by molar-refractivity contribution is 0.221. The lowest BCUT2D eigenvalue weighted by Gasteiger charge is -2.32. The van der Waals surface area contributed by atoms with Crippen LogP contribution in [0.2, 0.25) is 0 Å². The van der Waals surface area contributed by atoms with E-state index in [0.717, 1.165) is 38.5 Å². The first-order valence-electron chi connectivity index (χ1n) is 10.7. The van der Waals surface area contributed by atoms with Crippen molar-refractivity contribution in [2.24, 2.45) is 4.99 Å². The number of aromatic nitrogens is 6. The first kappa shape index (κ1) is 19.7. The molecule has 0 spiro atoms. The molecule has 2 aliphatic carbocycles. The van der Waals surface area contributed by atoms with E-state index in [0.29, 0.717) is 34.5 Å². The van der Waals surface area contributed by atoms with E-state index >= 15 is 0 Å². The second-order valence-electron chi connectivity index (χ2n) is 8.64. The van der Waals surface area contributed by atoms with Gasteiger partial charge in [-0.15, -0.1) is 0 Å². The molecule has 0 atom stereocenters. The Balaban J connectivity index is 1.52. The quantitative estimate of drug-likeness (QED) is 0.442. The second kappa shape index (κ2) is 7.80. The summed E-state index contributed by atoms with van der Waals surface area (Å²) in [5.74, 6) is 0.305. The Bertz CT molecular complexity index is 1260. The molecule has 0 bridgehead atoms. The van der Waals surface area contributed by atoms with Gasteiger partial charge in [0.05, 0.1) is 12.2 Å². The van der Waals surface area contributed by atoms with Gasteiger partial charge in [0, 0.05) is 17.3 Å². The van der Waals surface area contributed by atoms with Crippen LogP contribution in [0, 0.1) is 0 Å². The summed E-state index contributed by atoms with van der Waals surface area (Å²) in [4.78, 5) is 32.7. The number of hydrogen-bond donors (Lipinski definition) is 4. The minimum Gasteiger partial charge on any atom is -0.493 e. The maximum Gasteiger partial charge on any atom is 0.326 e. The largest absolute Gasteiger partial charge is 0.493 e. The molecule has 31 heavy (non-hydrogen) atoms. The Morgan fingerprint density at radius 2 is 1.97 bits per heavy atom. The average Bonchev–Trinajstić information content (AvgIpc) is 3.37. The molecule has 2 fully saturated rings. The van der Waals surface area contributed by atoms with Crippen LogP contribution in [0.25, 0.3) is 11.7 Å². The maximum atomic E-state index is 11.5. The summed E-state index contributed by atoms with van der Waals surface area (Å²) in [5.41, 5.74) is 0.884. The van der Waals surface area contributed by atoms with Gasteiger partial charge in [0.25, 0.3) is 5.62 Å². The van der Waals surface area contributed by atoms with Crippen LogP contribution in [-0.4, -0.2) is 71.8 Å². The summed E-state index contributed by atoms with van der Waals surface area (Å²) in [6.07, 6.45) is 9.77. The van der Waals surface area contributed by atoms with Gasteiger partial charge in [-0.1, -0.05) is 0 Å². The standard InChI is InChI=1S/C20H27N9O2/c1-28(2)14-7-5-12(6-8-14)22-18-25-16-11(9-15-17(30)26-20(31)24-15)10-21-29(16)19(27-18)23-13-3-4-13/h9-10,12-14,30H,3-8H2,1-2H3,(H,22,23,27)(H2,24,26,31)/b11-9+. The molecule has 5 rings (SSSR count). The van der Waals surface area contributed by atoms with Gasteiger partial charge in [-0.2, -0.15) is 19.6 Å². The van der Waals surface area contributed by atoms with Crippen LogP contribution in [0.5, 0.6) is 5.88 Å². The zero-order chi connectivity index (χ0) is 21.5. The summed E-state index contributed by atoms with van der Waals surface area (Å²) < 4.78 is 1.61. The molecule has 3 heterocycles. The third-order valence-corrected chi connectivity index (χ3v) is 6.02. The fourth-order valence-electron chi connectivity index (χ4n) is 4.06. The third-order valence-electron chi connectivity index (χ3n) is 6.02. The zero-order valence-electron chi connectivity index (χ0n) is 17.7. The van der Waals surface area contributed by atoms with Crippen molar-refractivity contribution in [2.75, 3.05) is 19.4 Å². The Kier molecular flexibility index (Phi) is 4.97. The first-order chi connectivity index (χ1) is 15.0. The van der Waals surface area contributed by atoms with E-state index < -0.39 is 5.69 Å². The Morgan fingerprint density at radius 1 is 1.19 bits per heavy atom. The molecule has 0 aromatic carbocycles. The van der Waals surface area contributed by atoms with Crippen LogP contribution in [-0.2, 0) is 0 Å². The summed E-state index contributed by atoms with van der Waals surface area (Å²) in [6, 6.07) is 1.21. The molecule has 164 valence electrons. The molecule has 0 amide bonds. The summed E-state index contributed by atoms with van der Waals surface area (Å²) in [7, 11) is 4.27. The number of aromatic amines is 2. The van der Waals surface area contributed by atoms with E-state index in [9.17, 15) is 9.90 Å². The number of aromatic hydroxyl groups is 1. The van der Waals surface area contributed by atoms with E-state index in [1.54, 1.807) is 16.8 Å². The highest BCUT2D eigenvalue weighted by Gasteiger charge is 2.24. The third kappa shape index (κ3) is 4.18. The highest BCUT2D eigenvalue weighted by molar-refractivity contribution is 5.57. The summed E-state index contributed by atoms with van der Waals surface area (Å²) in [6.45, 7) is 0. The highest BCUT2D eigenvalue weighted by atomic mass is 16.3. The average molecular weight is 425 g/mol. The molecule has 0 aliphatic heterocycles. The number of rotatable bonds is 5. The number of fused-ring (bicyclic) bond motifs is 1. The lowest BCUT2D eigenvalue weighted by atomic mass is 9.91. The number of anilines is 1. The molecule has 0 radical (unpaired) electrons. The van der Waals surface area contributed by atoms with Gasteiger partial charge < -0.3 is 20.3 Å². The predicted molar refractivity (Wildman–Crippen MR) is 115 cm³/mol. The number of imidazole rings is 1. The van der Waals surface area contributed by atoms with Gasteiger partial charge >= 0.3 is 5.69 Å². The van der Waals surface area contributed by atoms with Crippen molar-refractivity contribution in [3.63, 3.8) is 0 Å². The van der Waals surface area contributed by atoms with Crippen molar-refractivity contribution in [3.05, 3.63) is 33.2 Å². The molecule has 3 aromatic heterocycles. The SMILES string of the molecule is CN(C)C1CCC(Nc2nc(=NC3CC3)n3nc/c(=C\c4[nH]c(=O)[nH]c4O)c3n2)CC1. The van der Waals surface area contributed by atoms with E-state index in [2.05, 4.69) is 44.4 Å². The molecule has 2 aliphatic rings. The fourth-order valence-corrected chi connectivity index (χ4v) is 4.06. The lowest BCUT2D eigenvalue weighted by Crippen LogP contribution is -2.37. The smallest absolute Gasteiger partial charge is 0.326 e. The number of hydrogen-bond acceptors (Lipinski definition) is 8. The highest BCUT2D eigenvalue weighted by Crippen LogP contribution is 2.24. The number of nitrogens with one attached hydrogen (secondary N) is 3. The number of H-pyrrole nitrogens is 2. The summed E-state index contributed by atoms with van der Waals surface area (Å²) >= 11 is 0. The van der Waals surface area contributed by atoms with Crippen LogP contribution in [0.4, 0.5) is 5.95 Å². The molecule has 11 nitrogen and oxygen atoms in total. The van der Waals surface area contributed by atoms with Crippen LogP contribution in [0.1, 0.15) is 44.2 Å². The minimum absolute atomic E-state index is 0.225. The summed E-state index contributed by atoms with van der Waals surface area (Å²) in [5, 5.41) is 18.4. The van der Waals surface area contributed by atoms with Crippen molar-refractivity contribution in [2.45, 2.75) is 56.7 Å². The van der Waals surface area contributed by atoms with Gasteiger partial charge in [-0.25, -0.2) is 9.79 Å². The van der Waals surface area contributed by atoms with Crippen molar-refractivity contribution in [3.8, 4) is 5.88 Å². The monoisotopic (exact) mass is 425 g/mol. The van der Waals surface area contributed by atoms with Gasteiger partial charge in [0.1, 0.15) is 5.69 Å². The maximum absolute atomic E-state index is 11.5. The fraction of sp³-hybridized carbons (Fsp3) is 0.550. The van der Waals surface area contributed by atoms with Gasteiger partial charge in [-0.3, -0.25) is 4.98 Å². The molecule has 0 saturated heterocycles. The van der Waals surface area contributed by atoms with E-state index in [4.69, 9.17) is 9.98 Å². The predicted octanol–water partition coefficient (Wildman–Crippen LogP) is -0.258. The van der Waals surface area contributed by atoms with Crippen molar-refractivity contribution < 1.29 is 5.11 Å². The molecule has 2 saturated carbocycles. The van der Waals surface area contributed by atoms with E-state index in [1.165, 1.54) is 0 Å². The Hall–Kier alpha value is -3.21. The molecule has 4 N–H and O–H groups in total. The molecular formula is C20H27N9O2.